The summed E-state index contributed by atoms with van der Waals surface area (Å²) in [4.78, 5) is 4.72. The molecule has 1 rings (SSSR count). The van der Waals surface area contributed by atoms with E-state index in [4.69, 9.17) is 0 Å². The molecule has 0 spiro atoms. The van der Waals surface area contributed by atoms with Gasteiger partial charge in [0.2, 0.25) is 0 Å². The highest BCUT2D eigenvalue weighted by molar-refractivity contribution is 4.93. The summed E-state index contributed by atoms with van der Waals surface area (Å²) >= 11 is 0. The standard InChI is InChI=1S/C10H23N3/c1-8(2)11-9-6-13(5)7-10(9)12(3)4/h8-11H,6-7H2,1-5H3. The van der Waals surface area contributed by atoms with Crippen molar-refractivity contribution in [1.82, 2.24) is 15.1 Å². The van der Waals surface area contributed by atoms with Crippen molar-refractivity contribution in [2.45, 2.75) is 32.0 Å². The number of hydrogen-bond donors (Lipinski definition) is 1. The van der Waals surface area contributed by atoms with E-state index >= 15 is 0 Å². The van der Waals surface area contributed by atoms with E-state index in [1.54, 1.807) is 0 Å². The van der Waals surface area contributed by atoms with Gasteiger partial charge in [-0.1, -0.05) is 13.8 Å². The summed E-state index contributed by atoms with van der Waals surface area (Å²) < 4.78 is 0. The van der Waals surface area contributed by atoms with Crippen LogP contribution in [-0.2, 0) is 0 Å². The molecular formula is C10H23N3. The molecule has 0 bridgehead atoms. The largest absolute Gasteiger partial charge is 0.309 e. The quantitative estimate of drug-likeness (QED) is 0.679. The number of nitrogens with zero attached hydrogens (tertiary/aromatic N) is 2. The van der Waals surface area contributed by atoms with Gasteiger partial charge in [-0.05, 0) is 21.1 Å². The van der Waals surface area contributed by atoms with Gasteiger partial charge in [-0.2, -0.15) is 0 Å². The van der Waals surface area contributed by atoms with Crippen molar-refractivity contribution in [2.75, 3.05) is 34.2 Å². The Morgan fingerprint density at radius 3 is 2.38 bits per heavy atom. The number of rotatable bonds is 3. The van der Waals surface area contributed by atoms with E-state index in [2.05, 4.69) is 50.1 Å². The molecule has 1 aliphatic rings. The van der Waals surface area contributed by atoms with Gasteiger partial charge in [0.1, 0.15) is 0 Å². The van der Waals surface area contributed by atoms with E-state index in [0.29, 0.717) is 18.1 Å². The maximum atomic E-state index is 3.62. The second-order valence-electron chi connectivity index (χ2n) is 4.68. The topological polar surface area (TPSA) is 18.5 Å². The lowest BCUT2D eigenvalue weighted by molar-refractivity contribution is 0.255. The molecule has 0 aliphatic carbocycles. The first-order chi connectivity index (χ1) is 6.00. The zero-order chi connectivity index (χ0) is 10.0. The third-order valence-electron chi connectivity index (χ3n) is 2.68. The SMILES string of the molecule is CC(C)NC1CN(C)CC1N(C)C. The van der Waals surface area contributed by atoms with Crippen LogP contribution in [0.15, 0.2) is 0 Å². The lowest BCUT2D eigenvalue weighted by Gasteiger charge is -2.27. The third kappa shape index (κ3) is 2.93. The van der Waals surface area contributed by atoms with Crippen molar-refractivity contribution in [1.29, 1.82) is 0 Å². The van der Waals surface area contributed by atoms with E-state index in [-0.39, 0.29) is 0 Å². The normalized spacial score (nSPS) is 30.7. The molecular weight excluding hydrogens is 162 g/mol. The third-order valence-corrected chi connectivity index (χ3v) is 2.68. The number of likely N-dealkylation sites (tertiary alicyclic amines) is 1. The predicted octanol–water partition coefficient (Wildman–Crippen LogP) is 0.229. The van der Waals surface area contributed by atoms with Crippen LogP contribution >= 0.6 is 0 Å². The van der Waals surface area contributed by atoms with Crippen LogP contribution in [0.2, 0.25) is 0 Å². The molecule has 0 radical (unpaired) electrons. The molecule has 78 valence electrons. The van der Waals surface area contributed by atoms with Gasteiger partial charge in [-0.25, -0.2) is 0 Å². The fourth-order valence-corrected chi connectivity index (χ4v) is 2.09. The Bertz CT molecular complexity index is 156. The highest BCUT2D eigenvalue weighted by Crippen LogP contribution is 2.12. The Labute approximate surface area is 82.1 Å². The van der Waals surface area contributed by atoms with Crippen molar-refractivity contribution in [3.8, 4) is 0 Å². The van der Waals surface area contributed by atoms with Gasteiger partial charge in [0.05, 0.1) is 0 Å². The van der Waals surface area contributed by atoms with Crippen LogP contribution in [0.25, 0.3) is 0 Å². The number of nitrogens with one attached hydrogen (secondary N) is 1. The Hall–Kier alpha value is -0.120. The van der Waals surface area contributed by atoms with Crippen LogP contribution in [0.3, 0.4) is 0 Å². The monoisotopic (exact) mass is 185 g/mol. The number of likely N-dealkylation sites (N-methyl/N-ethyl adjacent to an activating group) is 2. The maximum Gasteiger partial charge on any atom is 0.0382 e. The molecule has 1 N–H and O–H groups in total. The van der Waals surface area contributed by atoms with E-state index in [9.17, 15) is 0 Å². The number of hydrogen-bond acceptors (Lipinski definition) is 3. The van der Waals surface area contributed by atoms with Crippen LogP contribution in [0, 0.1) is 0 Å². The van der Waals surface area contributed by atoms with Gasteiger partial charge in [0.15, 0.2) is 0 Å². The van der Waals surface area contributed by atoms with E-state index in [0.717, 1.165) is 0 Å². The second-order valence-corrected chi connectivity index (χ2v) is 4.68. The van der Waals surface area contributed by atoms with Crippen LogP contribution in [0.4, 0.5) is 0 Å². The first-order valence-electron chi connectivity index (χ1n) is 5.11. The molecule has 1 saturated heterocycles. The van der Waals surface area contributed by atoms with E-state index < -0.39 is 0 Å². The molecule has 0 aromatic rings. The molecule has 0 amide bonds. The molecule has 3 heteroatoms. The molecule has 1 heterocycles. The minimum atomic E-state index is 0.582. The molecule has 0 aromatic carbocycles. The van der Waals surface area contributed by atoms with Gasteiger partial charge in [-0.3, -0.25) is 0 Å². The lowest BCUT2D eigenvalue weighted by Crippen LogP contribution is -2.48. The van der Waals surface area contributed by atoms with Crippen LogP contribution < -0.4 is 5.32 Å². The molecule has 2 atom stereocenters. The predicted molar refractivity (Wildman–Crippen MR) is 57.0 cm³/mol. The summed E-state index contributed by atoms with van der Waals surface area (Å²) in [6.45, 7) is 6.77. The Balaban J connectivity index is 2.50. The first-order valence-corrected chi connectivity index (χ1v) is 5.11. The van der Waals surface area contributed by atoms with Crippen molar-refractivity contribution in [2.24, 2.45) is 0 Å². The van der Waals surface area contributed by atoms with Gasteiger partial charge >= 0.3 is 0 Å². The summed E-state index contributed by atoms with van der Waals surface area (Å²) in [5.41, 5.74) is 0. The van der Waals surface area contributed by atoms with E-state index in [1.807, 2.05) is 0 Å². The van der Waals surface area contributed by atoms with Crippen molar-refractivity contribution >= 4 is 0 Å². The van der Waals surface area contributed by atoms with Crippen molar-refractivity contribution in [3.63, 3.8) is 0 Å². The second kappa shape index (κ2) is 4.40. The molecule has 0 saturated carbocycles. The van der Waals surface area contributed by atoms with Gasteiger partial charge in [0.25, 0.3) is 0 Å². The minimum Gasteiger partial charge on any atom is -0.309 e. The average molecular weight is 185 g/mol. The molecule has 3 nitrogen and oxygen atoms in total. The maximum absolute atomic E-state index is 3.62. The minimum absolute atomic E-state index is 0.582. The highest BCUT2D eigenvalue weighted by Gasteiger charge is 2.32. The Morgan fingerprint density at radius 2 is 1.92 bits per heavy atom. The molecule has 1 aliphatic heterocycles. The average Bonchev–Trinajstić information content (AvgIpc) is 2.29. The zero-order valence-corrected chi connectivity index (χ0v) is 9.54. The molecule has 2 unspecified atom stereocenters. The van der Waals surface area contributed by atoms with Gasteiger partial charge in [0, 0.05) is 31.2 Å². The molecule has 1 fully saturated rings. The molecule has 0 aromatic heterocycles. The first kappa shape index (κ1) is 11.0. The fourth-order valence-electron chi connectivity index (χ4n) is 2.09. The smallest absolute Gasteiger partial charge is 0.0382 e. The lowest BCUT2D eigenvalue weighted by atomic mass is 10.1. The summed E-state index contributed by atoms with van der Waals surface area (Å²) in [5, 5.41) is 3.62. The van der Waals surface area contributed by atoms with Crippen LogP contribution in [0.5, 0.6) is 0 Å². The van der Waals surface area contributed by atoms with Gasteiger partial charge < -0.3 is 15.1 Å². The van der Waals surface area contributed by atoms with Crippen molar-refractivity contribution in [3.05, 3.63) is 0 Å². The van der Waals surface area contributed by atoms with Gasteiger partial charge in [-0.15, -0.1) is 0 Å². The van der Waals surface area contributed by atoms with Crippen molar-refractivity contribution < 1.29 is 0 Å². The molecule has 13 heavy (non-hydrogen) atoms. The highest BCUT2D eigenvalue weighted by atomic mass is 15.3. The summed E-state index contributed by atoms with van der Waals surface area (Å²) in [5.74, 6) is 0. The van der Waals surface area contributed by atoms with E-state index in [1.165, 1.54) is 13.1 Å². The summed E-state index contributed by atoms with van der Waals surface area (Å²) in [6.07, 6.45) is 0. The van der Waals surface area contributed by atoms with Crippen LogP contribution in [-0.4, -0.2) is 62.2 Å². The zero-order valence-electron chi connectivity index (χ0n) is 9.54. The summed E-state index contributed by atoms with van der Waals surface area (Å²) in [7, 11) is 6.52. The fraction of sp³-hybridized carbons (Fsp3) is 1.00. The summed E-state index contributed by atoms with van der Waals surface area (Å²) in [6, 6.07) is 1.87. The Morgan fingerprint density at radius 1 is 1.31 bits per heavy atom. The van der Waals surface area contributed by atoms with Crippen LogP contribution in [0.1, 0.15) is 13.8 Å². The Kier molecular flexibility index (Phi) is 3.71.